The van der Waals surface area contributed by atoms with Crippen molar-refractivity contribution in [2.75, 3.05) is 4.90 Å². The van der Waals surface area contributed by atoms with Gasteiger partial charge in [0.1, 0.15) is 0 Å². The molecular formula is C57H45N. The molecule has 0 heterocycles. The van der Waals surface area contributed by atoms with Gasteiger partial charge in [-0.15, -0.1) is 0 Å². The van der Waals surface area contributed by atoms with Gasteiger partial charge in [0.15, 0.2) is 0 Å². The van der Waals surface area contributed by atoms with Gasteiger partial charge in [0.2, 0.25) is 0 Å². The maximum atomic E-state index is 2.61. The molecule has 0 bridgehead atoms. The summed E-state index contributed by atoms with van der Waals surface area (Å²) in [7, 11) is 0. The van der Waals surface area contributed by atoms with Gasteiger partial charge < -0.3 is 4.90 Å². The van der Waals surface area contributed by atoms with Gasteiger partial charge in [-0.3, -0.25) is 0 Å². The Balaban J connectivity index is 1.19. The number of anilines is 3. The summed E-state index contributed by atoms with van der Waals surface area (Å²) in [6.07, 6.45) is 0. The first-order valence-electron chi connectivity index (χ1n) is 20.8. The molecule has 0 aliphatic heterocycles. The Morgan fingerprint density at radius 3 is 1.24 bits per heavy atom. The molecule has 58 heavy (non-hydrogen) atoms. The van der Waals surface area contributed by atoms with Crippen molar-refractivity contribution < 1.29 is 0 Å². The Morgan fingerprint density at radius 1 is 0.328 bits per heavy atom. The van der Waals surface area contributed by atoms with E-state index >= 15 is 0 Å². The van der Waals surface area contributed by atoms with Gasteiger partial charge >= 0.3 is 0 Å². The van der Waals surface area contributed by atoms with E-state index in [1.54, 1.807) is 0 Å². The molecule has 1 spiro atoms. The van der Waals surface area contributed by atoms with E-state index in [2.05, 4.69) is 210 Å². The minimum absolute atomic E-state index is 0.135. The molecule has 0 aromatic heterocycles. The zero-order valence-corrected chi connectivity index (χ0v) is 34.0. The van der Waals surface area contributed by atoms with Crippen molar-refractivity contribution in [1.82, 2.24) is 0 Å². The van der Waals surface area contributed by atoms with E-state index in [0.717, 1.165) is 0 Å². The molecule has 0 radical (unpaired) electrons. The molecule has 1 heteroatoms. The lowest BCUT2D eigenvalue weighted by Gasteiger charge is -2.36. The van der Waals surface area contributed by atoms with E-state index < -0.39 is 5.41 Å². The number of aryl methyl sites for hydroxylation is 2. The minimum Gasteiger partial charge on any atom is -0.310 e. The molecule has 0 N–H and O–H groups in total. The lowest BCUT2D eigenvalue weighted by Crippen LogP contribution is -2.28. The van der Waals surface area contributed by atoms with Crippen LogP contribution in [0.15, 0.2) is 164 Å². The largest absolute Gasteiger partial charge is 0.310 e. The first kappa shape index (κ1) is 33.7. The molecule has 12 rings (SSSR count). The Labute approximate surface area is 342 Å². The molecule has 0 saturated heterocycles. The fourth-order valence-electron chi connectivity index (χ4n) is 11.7. The molecule has 0 saturated carbocycles. The van der Waals surface area contributed by atoms with Crippen molar-refractivity contribution in [3.63, 3.8) is 0 Å². The predicted molar refractivity (Wildman–Crippen MR) is 242 cm³/mol. The number of hydrogen-bond acceptors (Lipinski definition) is 1. The normalized spacial score (nSPS) is 15.8. The van der Waals surface area contributed by atoms with Crippen LogP contribution in [0.2, 0.25) is 0 Å². The van der Waals surface area contributed by atoms with E-state index in [9.17, 15) is 0 Å². The number of fused-ring (bicyclic) bond motifs is 16. The highest BCUT2D eigenvalue weighted by Crippen LogP contribution is 2.66. The van der Waals surface area contributed by atoms with Crippen LogP contribution in [0.5, 0.6) is 0 Å². The summed E-state index contributed by atoms with van der Waals surface area (Å²) in [6.45, 7) is 14.1. The van der Waals surface area contributed by atoms with E-state index in [1.807, 2.05) is 0 Å². The molecule has 4 aliphatic rings. The third kappa shape index (κ3) is 4.11. The smallest absolute Gasteiger partial charge is 0.0746 e. The highest BCUT2D eigenvalue weighted by atomic mass is 15.1. The van der Waals surface area contributed by atoms with Gasteiger partial charge in [-0.25, -0.2) is 0 Å². The average Bonchev–Trinajstić information content (AvgIpc) is 3.86. The first-order chi connectivity index (χ1) is 28.1. The van der Waals surface area contributed by atoms with Gasteiger partial charge in [0, 0.05) is 27.8 Å². The molecule has 0 amide bonds. The van der Waals surface area contributed by atoms with E-state index in [1.165, 1.54) is 117 Å². The molecular weight excluding hydrogens is 699 g/mol. The summed E-state index contributed by atoms with van der Waals surface area (Å²) in [5.74, 6) is 0. The maximum absolute atomic E-state index is 2.61. The maximum Gasteiger partial charge on any atom is 0.0746 e. The van der Waals surface area contributed by atoms with Crippen LogP contribution in [0.1, 0.15) is 83.3 Å². The molecule has 1 nitrogen and oxygen atoms in total. The van der Waals surface area contributed by atoms with Crippen molar-refractivity contribution in [2.24, 2.45) is 0 Å². The van der Waals surface area contributed by atoms with Crippen LogP contribution in [0, 0.1) is 13.8 Å². The van der Waals surface area contributed by atoms with Gasteiger partial charge in [0.25, 0.3) is 0 Å². The summed E-state index contributed by atoms with van der Waals surface area (Å²) >= 11 is 0. The van der Waals surface area contributed by atoms with E-state index in [-0.39, 0.29) is 10.8 Å². The predicted octanol–water partition coefficient (Wildman–Crippen LogP) is 14.7. The SMILES string of the molecule is Cc1ccc2c(c1)C1(c3cc(C)ccc3-2)c2ccccc2-c2cccc(N(c3ccc4c(c3)C(C)(C)c3ccccc3-4)c3ccc4c(c3)C(C)(C)c3ccccc3-4)c21. The number of rotatable bonds is 3. The van der Waals surface area contributed by atoms with Crippen molar-refractivity contribution in [2.45, 2.75) is 57.8 Å². The highest BCUT2D eigenvalue weighted by molar-refractivity contribution is 6.00. The van der Waals surface area contributed by atoms with Crippen LogP contribution in [0.25, 0.3) is 44.5 Å². The van der Waals surface area contributed by atoms with E-state index in [0.29, 0.717) is 0 Å². The van der Waals surface area contributed by atoms with Gasteiger partial charge in [-0.05, 0) is 128 Å². The van der Waals surface area contributed by atoms with Crippen molar-refractivity contribution >= 4 is 17.1 Å². The van der Waals surface area contributed by atoms with Crippen LogP contribution in [-0.4, -0.2) is 0 Å². The van der Waals surface area contributed by atoms with Crippen molar-refractivity contribution in [3.05, 3.63) is 219 Å². The lowest BCUT2D eigenvalue weighted by atomic mass is 9.69. The van der Waals surface area contributed by atoms with Crippen LogP contribution in [-0.2, 0) is 16.2 Å². The van der Waals surface area contributed by atoms with Crippen LogP contribution in [0.3, 0.4) is 0 Å². The summed E-state index contributed by atoms with van der Waals surface area (Å²) in [5, 5.41) is 0. The van der Waals surface area contributed by atoms with Crippen molar-refractivity contribution in [3.8, 4) is 44.5 Å². The summed E-state index contributed by atoms with van der Waals surface area (Å²) in [4.78, 5) is 2.61. The Hall–Kier alpha value is -6.44. The Bertz CT molecular complexity index is 2940. The molecule has 4 aliphatic carbocycles. The number of nitrogens with zero attached hydrogens (tertiary/aromatic N) is 1. The highest BCUT2D eigenvalue weighted by Gasteiger charge is 2.53. The minimum atomic E-state index is -0.498. The Morgan fingerprint density at radius 2 is 0.724 bits per heavy atom. The summed E-state index contributed by atoms with van der Waals surface area (Å²) in [5.41, 5.74) is 27.0. The first-order valence-corrected chi connectivity index (χ1v) is 20.8. The van der Waals surface area contributed by atoms with E-state index in [4.69, 9.17) is 0 Å². The second kappa shape index (κ2) is 11.4. The topological polar surface area (TPSA) is 3.24 Å². The zero-order chi connectivity index (χ0) is 39.3. The second-order valence-corrected chi connectivity index (χ2v) is 18.2. The lowest BCUT2D eigenvalue weighted by molar-refractivity contribution is 0.660. The number of hydrogen-bond donors (Lipinski definition) is 0. The molecule has 278 valence electrons. The zero-order valence-electron chi connectivity index (χ0n) is 34.0. The number of benzene rings is 8. The van der Waals surface area contributed by atoms with Crippen LogP contribution in [0.4, 0.5) is 17.1 Å². The Kier molecular flexibility index (Phi) is 6.60. The summed E-state index contributed by atoms with van der Waals surface area (Å²) < 4.78 is 0. The second-order valence-electron chi connectivity index (χ2n) is 18.2. The fraction of sp³-hybridized carbons (Fsp3) is 0.158. The molecule has 8 aromatic carbocycles. The standard InChI is InChI=1S/C57H45N/c1-34-22-26-43-44-27-23-35(2)31-52(44)57(51(43)30-34)48-20-12-9-16-40(48)45-17-13-21-53(54(45)57)58(36-24-28-41-38-14-7-10-18-46(38)55(3,4)49(41)32-36)37-25-29-42-39-15-8-11-19-47(39)56(5,6)50(42)33-37/h7-33H,1-6H3. The van der Waals surface area contributed by atoms with Crippen LogP contribution < -0.4 is 4.90 Å². The molecule has 0 atom stereocenters. The van der Waals surface area contributed by atoms with Gasteiger partial charge in [-0.2, -0.15) is 0 Å². The monoisotopic (exact) mass is 743 g/mol. The van der Waals surface area contributed by atoms with Crippen molar-refractivity contribution in [1.29, 1.82) is 0 Å². The quantitative estimate of drug-likeness (QED) is 0.174. The third-order valence-electron chi connectivity index (χ3n) is 14.4. The van der Waals surface area contributed by atoms with Gasteiger partial charge in [0.05, 0.1) is 11.1 Å². The van der Waals surface area contributed by atoms with Gasteiger partial charge in [-0.1, -0.05) is 172 Å². The molecule has 8 aromatic rings. The average molecular weight is 744 g/mol. The molecule has 0 unspecified atom stereocenters. The van der Waals surface area contributed by atoms with Crippen LogP contribution >= 0.6 is 0 Å². The fourth-order valence-corrected chi connectivity index (χ4v) is 11.7. The summed E-state index contributed by atoms with van der Waals surface area (Å²) in [6, 6.07) is 63.0. The molecule has 0 fully saturated rings. The third-order valence-corrected chi connectivity index (χ3v) is 14.4.